The second kappa shape index (κ2) is 7.48. The molecule has 0 fully saturated rings. The van der Waals surface area contributed by atoms with Crippen LogP contribution in [0.5, 0.6) is 0 Å². The van der Waals surface area contributed by atoms with Gasteiger partial charge in [-0.2, -0.15) is 0 Å². The number of rotatable bonds is 3. The van der Waals surface area contributed by atoms with Gasteiger partial charge in [0.2, 0.25) is 0 Å². The van der Waals surface area contributed by atoms with Crippen LogP contribution in [0.15, 0.2) is 100 Å². The van der Waals surface area contributed by atoms with E-state index < -0.39 is 0 Å². The number of hydrogen-bond donors (Lipinski definition) is 1. The molecule has 0 heterocycles. The van der Waals surface area contributed by atoms with Crippen LogP contribution >= 0.6 is 12.6 Å². The Kier molecular flexibility index (Phi) is 5.03. The average Bonchev–Trinajstić information content (AvgIpc) is 2.95. The van der Waals surface area contributed by atoms with E-state index in [2.05, 4.69) is 101 Å². The van der Waals surface area contributed by atoms with E-state index in [4.69, 9.17) is 0 Å². The molecular formula is C27H26S. The second-order valence-electron chi connectivity index (χ2n) is 7.85. The van der Waals surface area contributed by atoms with Gasteiger partial charge in [-0.25, -0.2) is 0 Å². The molecule has 0 spiro atoms. The highest BCUT2D eigenvalue weighted by Crippen LogP contribution is 2.50. The van der Waals surface area contributed by atoms with E-state index in [1.54, 1.807) is 0 Å². The zero-order valence-electron chi connectivity index (χ0n) is 16.8. The predicted octanol–water partition coefficient (Wildman–Crippen LogP) is 7.75. The molecule has 0 aliphatic heterocycles. The Hall–Kier alpha value is -2.51. The lowest BCUT2D eigenvalue weighted by atomic mass is 9.85. The molecule has 0 unspecified atom stereocenters. The fourth-order valence-electron chi connectivity index (χ4n) is 4.11. The Morgan fingerprint density at radius 3 is 1.93 bits per heavy atom. The SMILES string of the molecule is C=C1C(C)=C(C2=CC=C(C)CC2)C(c2ccc(C)cc2)=C1c1ccc(S)cc1. The standard InChI is InChI=1S/C27H26S/c1-17-5-9-21(10-6-17)25-19(3)20(4)26(22-13-15-24(28)16-14-22)27(25)23-11-7-18(2)8-12-23/h5,7-9,11-16,28H,4,6,10H2,1-3H3. The Balaban J connectivity index is 1.97. The van der Waals surface area contributed by atoms with Crippen LogP contribution in [0.2, 0.25) is 0 Å². The summed E-state index contributed by atoms with van der Waals surface area (Å²) in [7, 11) is 0. The Bertz CT molecular complexity index is 1070. The number of hydrogen-bond acceptors (Lipinski definition) is 1. The van der Waals surface area contributed by atoms with E-state index in [0.717, 1.165) is 23.3 Å². The van der Waals surface area contributed by atoms with Crippen molar-refractivity contribution < 1.29 is 0 Å². The summed E-state index contributed by atoms with van der Waals surface area (Å²) in [6.45, 7) is 11.1. The summed E-state index contributed by atoms with van der Waals surface area (Å²) in [6, 6.07) is 17.3. The van der Waals surface area contributed by atoms with Crippen LogP contribution in [-0.4, -0.2) is 0 Å². The van der Waals surface area contributed by atoms with Gasteiger partial charge >= 0.3 is 0 Å². The molecule has 0 amide bonds. The van der Waals surface area contributed by atoms with Crippen molar-refractivity contribution in [3.05, 3.63) is 112 Å². The molecule has 140 valence electrons. The van der Waals surface area contributed by atoms with Crippen LogP contribution in [0.1, 0.15) is 43.4 Å². The summed E-state index contributed by atoms with van der Waals surface area (Å²) in [6.07, 6.45) is 6.78. The first-order valence-electron chi connectivity index (χ1n) is 9.84. The van der Waals surface area contributed by atoms with E-state index in [0.29, 0.717) is 0 Å². The first-order chi connectivity index (χ1) is 13.5. The fraction of sp³-hybridized carbons (Fsp3) is 0.185. The Morgan fingerprint density at radius 1 is 0.714 bits per heavy atom. The summed E-state index contributed by atoms with van der Waals surface area (Å²) < 4.78 is 0. The summed E-state index contributed by atoms with van der Waals surface area (Å²) in [5.74, 6) is 0. The van der Waals surface area contributed by atoms with Crippen molar-refractivity contribution in [2.24, 2.45) is 0 Å². The fourth-order valence-corrected chi connectivity index (χ4v) is 4.26. The average molecular weight is 383 g/mol. The normalized spacial score (nSPS) is 17.2. The summed E-state index contributed by atoms with van der Waals surface area (Å²) in [4.78, 5) is 0.977. The van der Waals surface area contributed by atoms with Crippen molar-refractivity contribution in [2.75, 3.05) is 0 Å². The van der Waals surface area contributed by atoms with Crippen molar-refractivity contribution >= 4 is 23.8 Å². The quantitative estimate of drug-likeness (QED) is 0.515. The van der Waals surface area contributed by atoms with Gasteiger partial charge in [-0.1, -0.05) is 66.3 Å². The topological polar surface area (TPSA) is 0 Å². The minimum Gasteiger partial charge on any atom is -0.143 e. The molecule has 2 aromatic rings. The minimum absolute atomic E-state index is 0.977. The van der Waals surface area contributed by atoms with Gasteiger partial charge in [-0.15, -0.1) is 12.6 Å². The van der Waals surface area contributed by atoms with Gasteiger partial charge in [0.25, 0.3) is 0 Å². The van der Waals surface area contributed by atoms with Crippen LogP contribution in [0.25, 0.3) is 11.1 Å². The molecule has 2 aliphatic carbocycles. The van der Waals surface area contributed by atoms with Crippen molar-refractivity contribution in [3.8, 4) is 0 Å². The summed E-state index contributed by atoms with van der Waals surface area (Å²) in [5.41, 5.74) is 13.0. The van der Waals surface area contributed by atoms with Gasteiger partial charge in [0.05, 0.1) is 0 Å². The van der Waals surface area contributed by atoms with Crippen LogP contribution in [0, 0.1) is 6.92 Å². The largest absolute Gasteiger partial charge is 0.143 e. The third kappa shape index (κ3) is 3.36. The van der Waals surface area contributed by atoms with Gasteiger partial charge in [0.1, 0.15) is 0 Å². The highest BCUT2D eigenvalue weighted by Gasteiger charge is 2.29. The molecule has 2 aliphatic rings. The van der Waals surface area contributed by atoms with Gasteiger partial charge in [0.15, 0.2) is 0 Å². The van der Waals surface area contributed by atoms with Crippen LogP contribution in [-0.2, 0) is 0 Å². The number of allylic oxidation sites excluding steroid dienone is 9. The maximum atomic E-state index is 4.49. The van der Waals surface area contributed by atoms with E-state index in [1.165, 1.54) is 50.1 Å². The van der Waals surface area contributed by atoms with Crippen molar-refractivity contribution in [3.63, 3.8) is 0 Å². The molecule has 0 saturated heterocycles. The molecule has 0 saturated carbocycles. The lowest BCUT2D eigenvalue weighted by molar-refractivity contribution is 0.918. The van der Waals surface area contributed by atoms with E-state index >= 15 is 0 Å². The van der Waals surface area contributed by atoms with Gasteiger partial charge < -0.3 is 0 Å². The van der Waals surface area contributed by atoms with Crippen LogP contribution in [0.4, 0.5) is 0 Å². The first-order valence-corrected chi connectivity index (χ1v) is 10.3. The van der Waals surface area contributed by atoms with Crippen LogP contribution in [0.3, 0.4) is 0 Å². The maximum absolute atomic E-state index is 4.49. The van der Waals surface area contributed by atoms with E-state index in [1.807, 2.05) is 0 Å². The lowest BCUT2D eigenvalue weighted by Crippen LogP contribution is -1.99. The van der Waals surface area contributed by atoms with Crippen molar-refractivity contribution in [2.45, 2.75) is 38.5 Å². The molecule has 1 heteroatoms. The van der Waals surface area contributed by atoms with E-state index in [9.17, 15) is 0 Å². The molecule has 0 bridgehead atoms. The lowest BCUT2D eigenvalue weighted by Gasteiger charge is -2.19. The van der Waals surface area contributed by atoms with Gasteiger partial charge in [-0.3, -0.25) is 0 Å². The second-order valence-corrected chi connectivity index (χ2v) is 8.36. The smallest absolute Gasteiger partial charge is 0.00404 e. The molecule has 0 radical (unpaired) electrons. The summed E-state index contributed by atoms with van der Waals surface area (Å²) >= 11 is 4.46. The molecular weight excluding hydrogens is 356 g/mol. The Labute approximate surface area is 174 Å². The monoisotopic (exact) mass is 382 g/mol. The molecule has 0 aromatic heterocycles. The Morgan fingerprint density at radius 2 is 1.32 bits per heavy atom. The number of aryl methyl sites for hydroxylation is 1. The van der Waals surface area contributed by atoms with E-state index in [-0.39, 0.29) is 0 Å². The molecule has 4 rings (SSSR count). The number of thiol groups is 1. The third-order valence-electron chi connectivity index (χ3n) is 5.80. The van der Waals surface area contributed by atoms with Gasteiger partial charge in [-0.05, 0) is 90.3 Å². The van der Waals surface area contributed by atoms with Gasteiger partial charge in [0, 0.05) is 4.90 Å². The molecule has 28 heavy (non-hydrogen) atoms. The molecule has 0 nitrogen and oxygen atoms in total. The van der Waals surface area contributed by atoms with Crippen LogP contribution < -0.4 is 0 Å². The maximum Gasteiger partial charge on any atom is 0.00404 e. The predicted molar refractivity (Wildman–Crippen MR) is 125 cm³/mol. The molecule has 0 N–H and O–H groups in total. The third-order valence-corrected chi connectivity index (χ3v) is 6.10. The molecule has 2 aromatic carbocycles. The van der Waals surface area contributed by atoms with Crippen molar-refractivity contribution in [1.29, 1.82) is 0 Å². The highest BCUT2D eigenvalue weighted by molar-refractivity contribution is 7.80. The zero-order chi connectivity index (χ0) is 19.8. The highest BCUT2D eigenvalue weighted by atomic mass is 32.1. The zero-order valence-corrected chi connectivity index (χ0v) is 17.7. The first kappa shape index (κ1) is 18.8. The minimum atomic E-state index is 0.977. The summed E-state index contributed by atoms with van der Waals surface area (Å²) in [5, 5.41) is 0. The number of benzene rings is 2. The molecule has 0 atom stereocenters. The van der Waals surface area contributed by atoms with Crippen molar-refractivity contribution in [1.82, 2.24) is 0 Å².